The van der Waals surface area contributed by atoms with Crippen LogP contribution in [0.1, 0.15) is 0 Å². The van der Waals surface area contributed by atoms with Crippen LogP contribution in [0, 0.1) is 11.7 Å². The first-order valence-corrected chi connectivity index (χ1v) is 7.22. The maximum atomic E-state index is 13.8. The molecule has 0 aromatic carbocycles. The van der Waals surface area contributed by atoms with Crippen molar-refractivity contribution in [2.24, 2.45) is 5.92 Å². The van der Waals surface area contributed by atoms with Crippen molar-refractivity contribution < 1.29 is 14.6 Å². The van der Waals surface area contributed by atoms with E-state index in [2.05, 4.69) is 9.97 Å². The highest BCUT2D eigenvalue weighted by Gasteiger charge is 2.32. The number of aliphatic hydroxyl groups excluding tert-OH is 2. The number of anilines is 1. The average Bonchev–Trinajstić information content (AvgIpc) is 3.08. The molecule has 0 spiro atoms. The summed E-state index contributed by atoms with van der Waals surface area (Å²) in [4.78, 5) is 10.0. The third kappa shape index (κ3) is 2.39. The van der Waals surface area contributed by atoms with Crippen LogP contribution in [0.15, 0.2) is 23.0 Å². The third-order valence-electron chi connectivity index (χ3n) is 3.45. The standard InChI is InChI=1S/C13H14FN3O2S/c14-10-3-15-13(16-12(10)8-1-2-20-7-8)17-4-9(6-18)11(19)5-17/h1-3,7,9,11,18-19H,4-6H2/t9-,11-/m0/s1. The van der Waals surface area contributed by atoms with Crippen LogP contribution in [0.4, 0.5) is 10.3 Å². The van der Waals surface area contributed by atoms with Gasteiger partial charge in [-0.2, -0.15) is 11.3 Å². The second-order valence-electron chi connectivity index (χ2n) is 4.79. The molecule has 0 radical (unpaired) electrons. The second-order valence-corrected chi connectivity index (χ2v) is 5.57. The highest BCUT2D eigenvalue weighted by atomic mass is 32.1. The Hall–Kier alpha value is -1.57. The van der Waals surface area contributed by atoms with E-state index in [4.69, 9.17) is 5.11 Å². The summed E-state index contributed by atoms with van der Waals surface area (Å²) in [5.74, 6) is -0.304. The van der Waals surface area contributed by atoms with E-state index in [-0.39, 0.29) is 18.2 Å². The zero-order valence-electron chi connectivity index (χ0n) is 10.6. The predicted molar refractivity (Wildman–Crippen MR) is 74.1 cm³/mol. The largest absolute Gasteiger partial charge is 0.396 e. The number of hydrogen-bond acceptors (Lipinski definition) is 6. The lowest BCUT2D eigenvalue weighted by Gasteiger charge is -2.16. The molecule has 20 heavy (non-hydrogen) atoms. The summed E-state index contributed by atoms with van der Waals surface area (Å²) in [6.45, 7) is 0.725. The van der Waals surface area contributed by atoms with Gasteiger partial charge in [0.25, 0.3) is 0 Å². The highest BCUT2D eigenvalue weighted by Crippen LogP contribution is 2.26. The first kappa shape index (κ1) is 13.4. The van der Waals surface area contributed by atoms with Crippen molar-refractivity contribution in [3.05, 3.63) is 28.8 Å². The Balaban J connectivity index is 1.90. The summed E-state index contributed by atoms with van der Waals surface area (Å²) < 4.78 is 13.8. The van der Waals surface area contributed by atoms with Gasteiger partial charge in [0.05, 0.1) is 18.9 Å². The number of aliphatic hydroxyl groups is 2. The summed E-state index contributed by atoms with van der Waals surface area (Å²) in [6, 6.07) is 1.80. The van der Waals surface area contributed by atoms with Gasteiger partial charge in [-0.1, -0.05) is 0 Å². The van der Waals surface area contributed by atoms with Gasteiger partial charge < -0.3 is 15.1 Å². The van der Waals surface area contributed by atoms with E-state index in [1.165, 1.54) is 11.3 Å². The zero-order chi connectivity index (χ0) is 14.1. The van der Waals surface area contributed by atoms with Gasteiger partial charge in [-0.15, -0.1) is 0 Å². The lowest BCUT2D eigenvalue weighted by atomic mass is 10.1. The molecule has 0 saturated carbocycles. The first-order valence-electron chi connectivity index (χ1n) is 6.28. The van der Waals surface area contributed by atoms with Crippen molar-refractivity contribution in [1.29, 1.82) is 0 Å². The van der Waals surface area contributed by atoms with Gasteiger partial charge in [0.1, 0.15) is 5.69 Å². The fourth-order valence-corrected chi connectivity index (χ4v) is 2.95. The van der Waals surface area contributed by atoms with Gasteiger partial charge in [-0.05, 0) is 11.4 Å². The Morgan fingerprint density at radius 3 is 2.95 bits per heavy atom. The van der Waals surface area contributed by atoms with Crippen LogP contribution in [0.3, 0.4) is 0 Å². The van der Waals surface area contributed by atoms with Crippen LogP contribution >= 0.6 is 11.3 Å². The topological polar surface area (TPSA) is 69.5 Å². The van der Waals surface area contributed by atoms with Crippen LogP contribution in [0.2, 0.25) is 0 Å². The SMILES string of the molecule is OC[C@@H]1CN(c2ncc(F)c(-c3ccsc3)n2)C[C@@H]1O. The first-order chi connectivity index (χ1) is 9.69. The Bertz CT molecular complexity index is 593. The summed E-state index contributed by atoms with van der Waals surface area (Å²) in [6.07, 6.45) is 0.534. The minimum absolute atomic E-state index is 0.0871. The summed E-state index contributed by atoms with van der Waals surface area (Å²) in [5, 5.41) is 22.6. The summed E-state index contributed by atoms with van der Waals surface area (Å²) >= 11 is 1.47. The highest BCUT2D eigenvalue weighted by molar-refractivity contribution is 7.08. The second kappa shape index (κ2) is 5.43. The minimum Gasteiger partial charge on any atom is -0.396 e. The number of thiophene rings is 1. The maximum Gasteiger partial charge on any atom is 0.226 e. The molecule has 2 aromatic rings. The Morgan fingerprint density at radius 2 is 2.30 bits per heavy atom. The van der Waals surface area contributed by atoms with Crippen LogP contribution in [0.5, 0.6) is 0 Å². The molecule has 5 nitrogen and oxygen atoms in total. The quantitative estimate of drug-likeness (QED) is 0.888. The van der Waals surface area contributed by atoms with E-state index < -0.39 is 11.9 Å². The Morgan fingerprint density at radius 1 is 1.45 bits per heavy atom. The minimum atomic E-state index is -0.613. The lowest BCUT2D eigenvalue weighted by Crippen LogP contribution is -2.23. The van der Waals surface area contributed by atoms with Gasteiger partial charge in [0, 0.05) is 30.0 Å². The molecule has 0 unspecified atom stereocenters. The molecule has 0 aliphatic carbocycles. The molecule has 2 atom stereocenters. The summed E-state index contributed by atoms with van der Waals surface area (Å²) in [5.41, 5.74) is 0.979. The molecule has 106 valence electrons. The van der Waals surface area contributed by atoms with Crippen molar-refractivity contribution in [3.63, 3.8) is 0 Å². The molecule has 0 amide bonds. The number of halogens is 1. The molecule has 7 heteroatoms. The average molecular weight is 295 g/mol. The molecule has 1 saturated heterocycles. The van der Waals surface area contributed by atoms with Crippen molar-refractivity contribution in [1.82, 2.24) is 9.97 Å². The van der Waals surface area contributed by atoms with Gasteiger partial charge >= 0.3 is 0 Å². The van der Waals surface area contributed by atoms with E-state index in [0.29, 0.717) is 19.0 Å². The van der Waals surface area contributed by atoms with Crippen molar-refractivity contribution in [2.45, 2.75) is 6.10 Å². The van der Waals surface area contributed by atoms with Crippen LogP contribution in [0.25, 0.3) is 11.3 Å². The van der Waals surface area contributed by atoms with Crippen molar-refractivity contribution in [2.75, 3.05) is 24.6 Å². The molecular formula is C13H14FN3O2S. The van der Waals surface area contributed by atoms with Crippen molar-refractivity contribution >= 4 is 17.3 Å². The Kier molecular flexibility index (Phi) is 3.64. The van der Waals surface area contributed by atoms with Crippen LogP contribution in [-0.4, -0.2) is 46.0 Å². The molecule has 1 aliphatic rings. The lowest BCUT2D eigenvalue weighted by molar-refractivity contribution is 0.104. The van der Waals surface area contributed by atoms with E-state index in [0.717, 1.165) is 11.8 Å². The number of nitrogens with zero attached hydrogens (tertiary/aromatic N) is 3. The number of aromatic nitrogens is 2. The maximum absolute atomic E-state index is 13.8. The number of β-amino-alcohol motifs (C(OH)–C–C–N with tert-alkyl or cyclic N) is 1. The van der Waals surface area contributed by atoms with Gasteiger partial charge in [-0.25, -0.2) is 14.4 Å². The molecule has 3 rings (SSSR count). The van der Waals surface area contributed by atoms with E-state index in [1.54, 1.807) is 11.0 Å². The molecule has 2 N–H and O–H groups in total. The molecular weight excluding hydrogens is 281 g/mol. The predicted octanol–water partition coefficient (Wildman–Crippen LogP) is 1.13. The molecule has 3 heterocycles. The molecule has 2 aromatic heterocycles. The summed E-state index contributed by atoms with van der Waals surface area (Å²) in [7, 11) is 0. The van der Waals surface area contributed by atoms with Gasteiger partial charge in [0.15, 0.2) is 5.82 Å². The van der Waals surface area contributed by atoms with Crippen LogP contribution in [-0.2, 0) is 0 Å². The van der Waals surface area contributed by atoms with Gasteiger partial charge in [-0.3, -0.25) is 0 Å². The number of hydrogen-bond donors (Lipinski definition) is 2. The van der Waals surface area contributed by atoms with E-state index in [1.807, 2.05) is 10.8 Å². The van der Waals surface area contributed by atoms with E-state index >= 15 is 0 Å². The monoisotopic (exact) mass is 295 g/mol. The smallest absolute Gasteiger partial charge is 0.226 e. The Labute approximate surface area is 119 Å². The normalized spacial score (nSPS) is 22.4. The fraction of sp³-hybridized carbons (Fsp3) is 0.385. The van der Waals surface area contributed by atoms with E-state index in [9.17, 15) is 9.50 Å². The zero-order valence-corrected chi connectivity index (χ0v) is 11.4. The third-order valence-corrected chi connectivity index (χ3v) is 4.13. The number of rotatable bonds is 3. The molecule has 0 bridgehead atoms. The van der Waals surface area contributed by atoms with Crippen molar-refractivity contribution in [3.8, 4) is 11.3 Å². The van der Waals surface area contributed by atoms with Gasteiger partial charge in [0.2, 0.25) is 5.95 Å². The molecule has 1 fully saturated rings. The van der Waals surface area contributed by atoms with Crippen LogP contribution < -0.4 is 4.90 Å². The molecule has 1 aliphatic heterocycles. The fourth-order valence-electron chi connectivity index (χ4n) is 2.31.